The smallest absolute Gasteiger partial charge is 0.319 e. The summed E-state index contributed by atoms with van der Waals surface area (Å²) < 4.78 is 0. The molecule has 0 unspecified atom stereocenters. The first-order chi connectivity index (χ1) is 13.1. The van der Waals surface area contributed by atoms with E-state index >= 15 is 0 Å². The monoisotopic (exact) mass is 367 g/mol. The maximum absolute atomic E-state index is 12.2. The SMILES string of the molecule is N[C@@H]1CCC[C@H]1CC(=O)Nc1cccc(NC(=O)NCc2ccncc2)c1. The van der Waals surface area contributed by atoms with Crippen LogP contribution in [0, 0.1) is 5.92 Å². The van der Waals surface area contributed by atoms with Crippen LogP contribution >= 0.6 is 0 Å². The number of nitrogens with two attached hydrogens (primary N) is 1. The summed E-state index contributed by atoms with van der Waals surface area (Å²) in [7, 11) is 0. The Morgan fingerprint density at radius 1 is 1.07 bits per heavy atom. The first kappa shape index (κ1) is 18.8. The van der Waals surface area contributed by atoms with Gasteiger partial charge in [-0.15, -0.1) is 0 Å². The van der Waals surface area contributed by atoms with Crippen LogP contribution in [0.4, 0.5) is 16.2 Å². The molecule has 7 nitrogen and oxygen atoms in total. The van der Waals surface area contributed by atoms with Crippen LogP contribution in [0.1, 0.15) is 31.2 Å². The van der Waals surface area contributed by atoms with Crippen LogP contribution in [-0.4, -0.2) is 23.0 Å². The molecule has 0 spiro atoms. The van der Waals surface area contributed by atoms with Crippen LogP contribution in [0.25, 0.3) is 0 Å². The Kier molecular flexibility index (Phi) is 6.38. The van der Waals surface area contributed by atoms with Gasteiger partial charge in [0, 0.05) is 42.8 Å². The minimum atomic E-state index is -0.313. The lowest BCUT2D eigenvalue weighted by atomic mass is 10.00. The number of nitrogens with one attached hydrogen (secondary N) is 3. The molecule has 1 heterocycles. The van der Waals surface area contributed by atoms with Crippen LogP contribution in [0.3, 0.4) is 0 Å². The Labute approximate surface area is 158 Å². The molecular formula is C20H25N5O2. The van der Waals surface area contributed by atoms with E-state index < -0.39 is 0 Å². The molecule has 1 aliphatic rings. The fraction of sp³-hybridized carbons (Fsp3) is 0.350. The van der Waals surface area contributed by atoms with E-state index in [-0.39, 0.29) is 23.9 Å². The number of amides is 3. The predicted octanol–water partition coefficient (Wildman–Crippen LogP) is 2.86. The normalized spacial score (nSPS) is 18.7. The van der Waals surface area contributed by atoms with Gasteiger partial charge in [-0.3, -0.25) is 9.78 Å². The fourth-order valence-electron chi connectivity index (χ4n) is 3.30. The number of nitrogens with zero attached hydrogens (tertiary/aromatic N) is 1. The highest BCUT2D eigenvalue weighted by Gasteiger charge is 2.26. The number of carbonyl (C=O) groups excluding carboxylic acids is 2. The van der Waals surface area contributed by atoms with Crippen molar-refractivity contribution in [3.8, 4) is 0 Å². The van der Waals surface area contributed by atoms with Crippen molar-refractivity contribution in [1.29, 1.82) is 0 Å². The third-order valence-corrected chi connectivity index (χ3v) is 4.77. The molecule has 5 N–H and O–H groups in total. The molecule has 1 aromatic carbocycles. The molecule has 3 amide bonds. The third-order valence-electron chi connectivity index (χ3n) is 4.77. The van der Waals surface area contributed by atoms with Gasteiger partial charge in [-0.05, 0) is 54.7 Å². The van der Waals surface area contributed by atoms with Crippen LogP contribution in [0.5, 0.6) is 0 Å². The molecule has 1 aromatic heterocycles. The van der Waals surface area contributed by atoms with E-state index in [0.717, 1.165) is 24.8 Å². The third kappa shape index (κ3) is 5.79. The molecule has 7 heteroatoms. The van der Waals surface area contributed by atoms with Crippen molar-refractivity contribution in [3.63, 3.8) is 0 Å². The lowest BCUT2D eigenvalue weighted by molar-refractivity contribution is -0.117. The highest BCUT2D eigenvalue weighted by Crippen LogP contribution is 2.27. The van der Waals surface area contributed by atoms with Crippen molar-refractivity contribution in [2.75, 3.05) is 10.6 Å². The Morgan fingerprint density at radius 3 is 2.52 bits per heavy atom. The second-order valence-corrected chi connectivity index (χ2v) is 6.85. The standard InChI is InChI=1S/C20H25N5O2/c21-18-6-1-3-15(18)11-19(26)24-16-4-2-5-17(12-16)25-20(27)23-13-14-7-9-22-10-8-14/h2,4-5,7-10,12,15,18H,1,3,6,11,13,21H2,(H,24,26)(H2,23,25,27)/t15-,18+/m0/s1. The minimum Gasteiger partial charge on any atom is -0.334 e. The molecule has 0 bridgehead atoms. The second-order valence-electron chi connectivity index (χ2n) is 6.85. The van der Waals surface area contributed by atoms with Gasteiger partial charge in [0.2, 0.25) is 5.91 Å². The summed E-state index contributed by atoms with van der Waals surface area (Å²) in [5.74, 6) is 0.210. The Hall–Kier alpha value is -2.93. The van der Waals surface area contributed by atoms with Crippen molar-refractivity contribution >= 4 is 23.3 Å². The van der Waals surface area contributed by atoms with Crippen LogP contribution in [0.2, 0.25) is 0 Å². The van der Waals surface area contributed by atoms with Gasteiger partial charge in [0.15, 0.2) is 0 Å². The molecule has 0 aliphatic heterocycles. The molecule has 2 atom stereocenters. The van der Waals surface area contributed by atoms with Gasteiger partial charge in [0.25, 0.3) is 0 Å². The van der Waals surface area contributed by atoms with E-state index in [0.29, 0.717) is 24.3 Å². The first-order valence-corrected chi connectivity index (χ1v) is 9.19. The van der Waals surface area contributed by atoms with Crippen molar-refractivity contribution in [1.82, 2.24) is 10.3 Å². The topological polar surface area (TPSA) is 109 Å². The van der Waals surface area contributed by atoms with E-state index in [1.54, 1.807) is 36.7 Å². The second kappa shape index (κ2) is 9.14. The minimum absolute atomic E-state index is 0.0448. The van der Waals surface area contributed by atoms with Gasteiger partial charge in [0.1, 0.15) is 0 Å². The number of aromatic nitrogens is 1. The summed E-state index contributed by atoms with van der Waals surface area (Å²) in [6, 6.07) is 10.6. The summed E-state index contributed by atoms with van der Waals surface area (Å²) in [6.45, 7) is 0.409. The Morgan fingerprint density at radius 2 is 1.81 bits per heavy atom. The lowest BCUT2D eigenvalue weighted by Crippen LogP contribution is -2.28. The van der Waals surface area contributed by atoms with Gasteiger partial charge < -0.3 is 21.7 Å². The molecule has 1 aliphatic carbocycles. The van der Waals surface area contributed by atoms with Gasteiger partial charge in [-0.1, -0.05) is 12.5 Å². The average molecular weight is 367 g/mol. The van der Waals surface area contributed by atoms with Gasteiger partial charge >= 0.3 is 6.03 Å². The van der Waals surface area contributed by atoms with Crippen LogP contribution in [0.15, 0.2) is 48.8 Å². The largest absolute Gasteiger partial charge is 0.334 e. The number of carbonyl (C=O) groups is 2. The zero-order valence-corrected chi connectivity index (χ0v) is 15.2. The van der Waals surface area contributed by atoms with Crippen molar-refractivity contribution in [2.45, 2.75) is 38.3 Å². The van der Waals surface area contributed by atoms with Gasteiger partial charge in [-0.25, -0.2) is 4.79 Å². The predicted molar refractivity (Wildman–Crippen MR) is 105 cm³/mol. The quantitative estimate of drug-likeness (QED) is 0.629. The highest BCUT2D eigenvalue weighted by molar-refractivity contribution is 5.93. The number of anilines is 2. The molecule has 1 saturated carbocycles. The first-order valence-electron chi connectivity index (χ1n) is 9.19. The zero-order valence-electron chi connectivity index (χ0n) is 15.2. The average Bonchev–Trinajstić information content (AvgIpc) is 3.05. The molecule has 1 fully saturated rings. The molecule has 0 radical (unpaired) electrons. The summed E-state index contributed by atoms with van der Waals surface area (Å²) >= 11 is 0. The molecule has 0 saturated heterocycles. The molecular weight excluding hydrogens is 342 g/mol. The number of benzene rings is 1. The number of pyridine rings is 1. The van der Waals surface area contributed by atoms with E-state index in [1.165, 1.54) is 0 Å². The molecule has 27 heavy (non-hydrogen) atoms. The number of rotatable bonds is 6. The fourth-order valence-corrected chi connectivity index (χ4v) is 3.30. The van der Waals surface area contributed by atoms with Crippen LogP contribution in [-0.2, 0) is 11.3 Å². The summed E-state index contributed by atoms with van der Waals surface area (Å²) in [6.07, 6.45) is 6.89. The van der Waals surface area contributed by atoms with Crippen molar-refractivity contribution < 1.29 is 9.59 Å². The van der Waals surface area contributed by atoms with Gasteiger partial charge in [0.05, 0.1) is 0 Å². The highest BCUT2D eigenvalue weighted by atomic mass is 16.2. The van der Waals surface area contributed by atoms with E-state index in [2.05, 4.69) is 20.9 Å². The number of hydrogen-bond donors (Lipinski definition) is 4. The maximum Gasteiger partial charge on any atom is 0.319 e. The number of urea groups is 1. The molecule has 2 aromatic rings. The van der Waals surface area contributed by atoms with Crippen molar-refractivity contribution in [3.05, 3.63) is 54.4 Å². The van der Waals surface area contributed by atoms with E-state index in [9.17, 15) is 9.59 Å². The maximum atomic E-state index is 12.2. The summed E-state index contributed by atoms with van der Waals surface area (Å²) in [4.78, 5) is 28.2. The lowest BCUT2D eigenvalue weighted by Gasteiger charge is -2.15. The van der Waals surface area contributed by atoms with E-state index in [1.807, 2.05) is 12.1 Å². The van der Waals surface area contributed by atoms with E-state index in [4.69, 9.17) is 5.73 Å². The van der Waals surface area contributed by atoms with Crippen molar-refractivity contribution in [2.24, 2.45) is 11.7 Å². The Balaban J connectivity index is 1.49. The summed E-state index contributed by atoms with van der Waals surface area (Å²) in [5, 5.41) is 8.44. The Bertz CT molecular complexity index is 781. The van der Waals surface area contributed by atoms with Gasteiger partial charge in [-0.2, -0.15) is 0 Å². The molecule has 142 valence electrons. The number of hydrogen-bond acceptors (Lipinski definition) is 4. The van der Waals surface area contributed by atoms with Crippen LogP contribution < -0.4 is 21.7 Å². The summed E-state index contributed by atoms with van der Waals surface area (Å²) in [5.41, 5.74) is 8.26. The molecule has 3 rings (SSSR count). The zero-order chi connectivity index (χ0) is 19.1.